The molecule has 28 nitrogen and oxygen atoms in total. The van der Waals surface area contributed by atoms with E-state index in [4.69, 9.17) is 5.11 Å². The lowest BCUT2D eigenvalue weighted by atomic mass is 10.1. The predicted octanol–water partition coefficient (Wildman–Crippen LogP) is -2.40. The molecule has 0 aliphatic carbocycles. The third-order valence-electron chi connectivity index (χ3n) is 11.1. The lowest BCUT2D eigenvalue weighted by molar-refractivity contribution is -0.142. The summed E-state index contributed by atoms with van der Waals surface area (Å²) in [6.45, 7) is 0.830. The molecule has 1 aliphatic heterocycles. The van der Waals surface area contributed by atoms with Crippen molar-refractivity contribution in [3.05, 3.63) is 35.4 Å². The van der Waals surface area contributed by atoms with E-state index in [9.17, 15) is 83.4 Å². The maximum atomic E-state index is 13.2. The second-order valence-electron chi connectivity index (χ2n) is 17.0. The van der Waals surface area contributed by atoms with Gasteiger partial charge in [-0.25, -0.2) is 24.0 Å². The molecule has 1 aromatic rings. The van der Waals surface area contributed by atoms with E-state index in [0.29, 0.717) is 24.8 Å². The van der Waals surface area contributed by atoms with Crippen LogP contribution in [0.2, 0.25) is 0 Å². The summed E-state index contributed by atoms with van der Waals surface area (Å²) in [5, 5.41) is 80.3. The van der Waals surface area contributed by atoms with Crippen molar-refractivity contribution < 1.29 is 88.5 Å². The minimum Gasteiger partial charge on any atom is -0.481 e. The highest BCUT2D eigenvalue weighted by atomic mass is 16.4. The molecule has 1 aliphatic rings. The van der Waals surface area contributed by atoms with Crippen LogP contribution in [0.25, 0.3) is 0 Å². The molecule has 1 fully saturated rings. The topological polar surface area (TPSA) is 415 Å². The summed E-state index contributed by atoms with van der Waals surface area (Å²) in [6, 6.07) is 1.16. The van der Waals surface area contributed by atoms with Gasteiger partial charge in [-0.05, 0) is 56.1 Å². The van der Waals surface area contributed by atoms with Gasteiger partial charge in [-0.3, -0.25) is 48.4 Å². The van der Waals surface area contributed by atoms with Gasteiger partial charge in [-0.2, -0.15) is 0 Å². The Morgan fingerprint density at radius 2 is 0.806 bits per heavy atom. The van der Waals surface area contributed by atoms with Crippen LogP contribution in [0.5, 0.6) is 0 Å². The fraction of sp³-hybridized carbons (Fsp3) is 0.614. The highest BCUT2D eigenvalue weighted by molar-refractivity contribution is 5.86. The van der Waals surface area contributed by atoms with E-state index in [-0.39, 0.29) is 130 Å². The zero-order valence-electron chi connectivity index (χ0n) is 39.9. The van der Waals surface area contributed by atoms with Crippen LogP contribution in [-0.2, 0) is 56.1 Å². The van der Waals surface area contributed by atoms with Gasteiger partial charge < -0.3 is 67.6 Å². The maximum Gasteiger partial charge on any atom is 0.326 e. The van der Waals surface area contributed by atoms with Crippen molar-refractivity contribution in [1.29, 1.82) is 0 Å². The molecule has 1 heterocycles. The molecule has 28 heteroatoms. The van der Waals surface area contributed by atoms with Gasteiger partial charge in [0, 0.05) is 78.4 Å². The van der Waals surface area contributed by atoms with E-state index in [0.717, 1.165) is 5.56 Å². The van der Waals surface area contributed by atoms with Gasteiger partial charge in [-0.1, -0.05) is 24.3 Å². The summed E-state index contributed by atoms with van der Waals surface area (Å²) in [4.78, 5) is 137. The summed E-state index contributed by atoms with van der Waals surface area (Å²) >= 11 is 0. The van der Waals surface area contributed by atoms with Crippen molar-refractivity contribution in [2.24, 2.45) is 0 Å². The van der Waals surface area contributed by atoms with Crippen LogP contribution in [0, 0.1) is 0 Å². The molecule has 0 aromatic heterocycles. The van der Waals surface area contributed by atoms with Crippen LogP contribution in [-0.4, -0.2) is 231 Å². The van der Waals surface area contributed by atoms with Crippen LogP contribution >= 0.6 is 0 Å². The minimum absolute atomic E-state index is 0.0374. The molecule has 0 spiro atoms. The largest absolute Gasteiger partial charge is 0.481 e. The van der Waals surface area contributed by atoms with Gasteiger partial charge in [0.2, 0.25) is 11.8 Å². The third-order valence-corrected chi connectivity index (χ3v) is 11.1. The quantitative estimate of drug-likeness (QED) is 0.0345. The van der Waals surface area contributed by atoms with Crippen LogP contribution in [0.1, 0.15) is 62.5 Å². The first kappa shape index (κ1) is 61.0. The van der Waals surface area contributed by atoms with Crippen molar-refractivity contribution in [3.8, 4) is 0 Å². The zero-order chi connectivity index (χ0) is 53.6. The first-order valence-electron chi connectivity index (χ1n) is 23.3. The SMILES string of the molecule is O=C(O)CC[C@H](NC(=O)N[C@@H](CCCCNC(=O)NCc1ccc(CC(=O)NCCCC[C@H](NC(=O)CN2CCN(CC(=O)O)CCN(CC(=O)O)CCN(CC(=O)O)CC2)C(=O)O)cc1)C(=O)O)C(=O)O. The monoisotopic (exact) mass is 1020 g/mol. The molecule has 0 unspecified atom stereocenters. The van der Waals surface area contributed by atoms with Crippen molar-refractivity contribution in [3.63, 3.8) is 0 Å². The number of unbranched alkanes of at least 4 members (excludes halogenated alkanes) is 2. The van der Waals surface area contributed by atoms with Gasteiger partial charge >= 0.3 is 53.8 Å². The van der Waals surface area contributed by atoms with E-state index in [1.165, 1.54) is 0 Å². The highest BCUT2D eigenvalue weighted by Gasteiger charge is 2.26. The van der Waals surface area contributed by atoms with Gasteiger partial charge in [0.05, 0.1) is 32.6 Å². The average molecular weight is 1030 g/mol. The second-order valence-corrected chi connectivity index (χ2v) is 17.0. The molecule has 0 saturated carbocycles. The third kappa shape index (κ3) is 27.9. The fourth-order valence-corrected chi connectivity index (χ4v) is 7.27. The highest BCUT2D eigenvalue weighted by Crippen LogP contribution is 2.08. The van der Waals surface area contributed by atoms with Gasteiger partial charge in [0.15, 0.2) is 0 Å². The van der Waals surface area contributed by atoms with E-state index in [2.05, 4.69) is 26.6 Å². The summed E-state index contributed by atoms with van der Waals surface area (Å²) in [7, 11) is 0. The smallest absolute Gasteiger partial charge is 0.326 e. The van der Waals surface area contributed by atoms with E-state index >= 15 is 0 Å². The molecule has 1 saturated heterocycles. The number of carbonyl (C=O) groups excluding carboxylic acids is 4. The minimum atomic E-state index is -1.53. The van der Waals surface area contributed by atoms with E-state index in [1.54, 1.807) is 43.9 Å². The van der Waals surface area contributed by atoms with Crippen molar-refractivity contribution in [2.75, 3.05) is 91.6 Å². The molecule has 1 aromatic carbocycles. The van der Waals surface area contributed by atoms with E-state index < -0.39 is 90.7 Å². The number of rotatable bonds is 31. The maximum absolute atomic E-state index is 13.2. The Kier molecular flexibility index (Phi) is 28.3. The summed E-state index contributed by atoms with van der Waals surface area (Å²) in [6.07, 6.45) is 0.496. The van der Waals surface area contributed by atoms with Gasteiger partial charge in [0.1, 0.15) is 18.1 Å². The Hall–Kier alpha value is -7.17. The predicted molar refractivity (Wildman–Crippen MR) is 251 cm³/mol. The molecule has 2 rings (SSSR count). The van der Waals surface area contributed by atoms with Gasteiger partial charge in [-0.15, -0.1) is 0 Å². The lowest BCUT2D eigenvalue weighted by Gasteiger charge is -2.33. The standard InChI is InChI=1S/C44H68N10O18/c55-34(23-29-7-9-30(10-8-29)24-47-43(71)46-14-4-2-6-32(41(67)68)49-44(72)50-33(42(69)70)11-12-36(57)58)45-13-3-1-5-31(40(65)66)48-35(56)25-51-15-17-52(26-37(59)60)19-21-54(28-39(63)64)22-20-53(18-16-51)27-38(61)62/h7-10,31-33H,1-6,11-28H2,(H,45,55)(H,48,56)(H,57,58)(H,59,60)(H,61,62)(H,63,64)(H,65,66)(H,67,68)(H,69,70)(H2,46,47,71)(H2,49,50,72)/t31-,32-,33-/m0/s1. The normalized spacial score (nSPS) is 15.4. The number of benzene rings is 1. The van der Waals surface area contributed by atoms with E-state index in [1.807, 2.05) is 5.32 Å². The number of nitrogens with one attached hydrogen (secondary N) is 6. The number of urea groups is 2. The van der Waals surface area contributed by atoms with Crippen molar-refractivity contribution in [1.82, 2.24) is 51.5 Å². The van der Waals surface area contributed by atoms with Crippen LogP contribution in [0.15, 0.2) is 24.3 Å². The first-order valence-corrected chi connectivity index (χ1v) is 23.3. The van der Waals surface area contributed by atoms with Crippen LogP contribution < -0.4 is 31.9 Å². The Labute approximate surface area is 414 Å². The second kappa shape index (κ2) is 33.4. The molecule has 72 heavy (non-hydrogen) atoms. The van der Waals surface area contributed by atoms with Crippen molar-refractivity contribution in [2.45, 2.75) is 82.5 Å². The van der Waals surface area contributed by atoms with Crippen LogP contribution in [0.4, 0.5) is 9.59 Å². The molecular weight excluding hydrogens is 957 g/mol. The Morgan fingerprint density at radius 1 is 0.417 bits per heavy atom. The summed E-state index contributed by atoms with van der Waals surface area (Å²) in [5.74, 6) is -9.55. The molecule has 6 amide bonds. The van der Waals surface area contributed by atoms with Crippen molar-refractivity contribution >= 4 is 65.7 Å². The average Bonchev–Trinajstić information content (AvgIpc) is 3.29. The Bertz CT molecular complexity index is 1960. The molecule has 402 valence electrons. The Balaban J connectivity index is 1.75. The number of nitrogens with zero attached hydrogens (tertiary/aromatic N) is 4. The molecule has 0 bridgehead atoms. The number of carboxylic acids is 7. The van der Waals surface area contributed by atoms with Crippen LogP contribution in [0.3, 0.4) is 0 Å². The summed E-state index contributed by atoms with van der Waals surface area (Å²) in [5.41, 5.74) is 1.41. The number of amides is 6. The number of aliphatic carboxylic acids is 7. The summed E-state index contributed by atoms with van der Waals surface area (Å²) < 4.78 is 0. The number of hydrogen-bond acceptors (Lipinski definition) is 15. The fourth-order valence-electron chi connectivity index (χ4n) is 7.27. The lowest BCUT2D eigenvalue weighted by Crippen LogP contribution is -2.51. The molecule has 0 radical (unpaired) electrons. The number of hydrogen-bond donors (Lipinski definition) is 13. The molecule has 13 N–H and O–H groups in total. The first-order chi connectivity index (χ1) is 34.1. The molecular formula is C44H68N10O18. The molecule has 3 atom stereocenters. The van der Waals surface area contributed by atoms with Gasteiger partial charge in [0.25, 0.3) is 0 Å². The number of carboxylic acid groups (broad SMARTS) is 7. The number of carbonyl (C=O) groups is 11. The zero-order valence-corrected chi connectivity index (χ0v) is 39.9. The Morgan fingerprint density at radius 3 is 1.22 bits per heavy atom.